The average Bonchev–Trinajstić information content (AvgIpc) is 3.15. The molecule has 0 aliphatic carbocycles. The zero-order valence-electron chi connectivity index (χ0n) is 13.6. The first-order chi connectivity index (χ1) is 12.7. The van der Waals surface area contributed by atoms with E-state index in [1.54, 1.807) is 30.3 Å². The van der Waals surface area contributed by atoms with E-state index in [-0.39, 0.29) is 18.3 Å². The van der Waals surface area contributed by atoms with E-state index < -0.39 is 0 Å². The molecule has 0 saturated carbocycles. The summed E-state index contributed by atoms with van der Waals surface area (Å²) in [7, 11) is 0. The Hall–Kier alpha value is -3.06. The number of carbonyl (C=O) groups excluding carboxylic acids is 1. The minimum absolute atomic E-state index is 0.102. The number of nitrogens with one attached hydrogen (secondary N) is 1. The van der Waals surface area contributed by atoms with Gasteiger partial charge in [-0.05, 0) is 30.3 Å². The standard InChI is InChI=1S/C18H14ClN3O4/c19-13-4-2-1-3-12(13)17-21-16(26-22-17)10-20-18(23)11-5-6-14-15(9-11)25-8-7-24-14/h1-6,9H,7-8,10H2,(H,20,23). The molecule has 0 atom stereocenters. The monoisotopic (exact) mass is 371 g/mol. The average molecular weight is 372 g/mol. The summed E-state index contributed by atoms with van der Waals surface area (Å²) in [6, 6.07) is 12.2. The zero-order valence-corrected chi connectivity index (χ0v) is 14.3. The summed E-state index contributed by atoms with van der Waals surface area (Å²) in [4.78, 5) is 16.6. The van der Waals surface area contributed by atoms with E-state index in [2.05, 4.69) is 15.5 Å². The van der Waals surface area contributed by atoms with Gasteiger partial charge in [0, 0.05) is 11.1 Å². The molecule has 0 fully saturated rings. The molecule has 132 valence electrons. The molecular weight excluding hydrogens is 358 g/mol. The molecule has 1 aliphatic heterocycles. The van der Waals surface area contributed by atoms with Crippen molar-refractivity contribution in [2.75, 3.05) is 13.2 Å². The van der Waals surface area contributed by atoms with Gasteiger partial charge in [0.05, 0.1) is 11.6 Å². The van der Waals surface area contributed by atoms with Gasteiger partial charge in [0.15, 0.2) is 11.5 Å². The molecule has 2 heterocycles. The fourth-order valence-electron chi connectivity index (χ4n) is 2.52. The lowest BCUT2D eigenvalue weighted by Gasteiger charge is -2.18. The van der Waals surface area contributed by atoms with Crippen molar-refractivity contribution < 1.29 is 18.8 Å². The van der Waals surface area contributed by atoms with Crippen LogP contribution in [0.25, 0.3) is 11.4 Å². The van der Waals surface area contributed by atoms with Crippen molar-refractivity contribution >= 4 is 17.5 Å². The number of fused-ring (bicyclic) bond motifs is 1. The van der Waals surface area contributed by atoms with E-state index in [1.165, 1.54) is 0 Å². The van der Waals surface area contributed by atoms with Crippen LogP contribution in [0, 0.1) is 0 Å². The second-order valence-electron chi connectivity index (χ2n) is 5.53. The maximum atomic E-state index is 12.3. The van der Waals surface area contributed by atoms with Crippen LogP contribution < -0.4 is 14.8 Å². The Morgan fingerprint density at radius 3 is 2.77 bits per heavy atom. The van der Waals surface area contributed by atoms with Crippen molar-refractivity contribution in [3.05, 3.63) is 58.9 Å². The highest BCUT2D eigenvalue weighted by atomic mass is 35.5. The number of rotatable bonds is 4. The predicted molar refractivity (Wildman–Crippen MR) is 93.3 cm³/mol. The Bertz CT molecular complexity index is 957. The summed E-state index contributed by atoms with van der Waals surface area (Å²) in [5.74, 6) is 1.57. The third kappa shape index (κ3) is 3.34. The fourth-order valence-corrected chi connectivity index (χ4v) is 2.74. The molecule has 26 heavy (non-hydrogen) atoms. The molecular formula is C18H14ClN3O4. The van der Waals surface area contributed by atoms with Crippen LogP contribution in [0.4, 0.5) is 0 Å². The first-order valence-corrected chi connectivity index (χ1v) is 8.34. The molecule has 1 aromatic heterocycles. The SMILES string of the molecule is O=C(NCc1nc(-c2ccccc2Cl)no1)c1ccc2c(c1)OCCO2. The number of carbonyl (C=O) groups is 1. The lowest BCUT2D eigenvalue weighted by atomic mass is 10.2. The Balaban J connectivity index is 1.43. The van der Waals surface area contributed by atoms with Gasteiger partial charge in [0.1, 0.15) is 13.2 Å². The molecule has 7 nitrogen and oxygen atoms in total. The topological polar surface area (TPSA) is 86.5 Å². The summed E-state index contributed by atoms with van der Waals surface area (Å²) in [6.45, 7) is 1.07. The minimum atomic E-state index is -0.278. The van der Waals surface area contributed by atoms with Gasteiger partial charge in [-0.2, -0.15) is 4.98 Å². The lowest BCUT2D eigenvalue weighted by molar-refractivity contribution is 0.0945. The number of aromatic nitrogens is 2. The van der Waals surface area contributed by atoms with Crippen molar-refractivity contribution in [3.8, 4) is 22.9 Å². The largest absolute Gasteiger partial charge is 0.486 e. The molecule has 0 bridgehead atoms. The molecule has 1 amide bonds. The van der Waals surface area contributed by atoms with Gasteiger partial charge >= 0.3 is 0 Å². The van der Waals surface area contributed by atoms with Gasteiger partial charge < -0.3 is 19.3 Å². The molecule has 0 radical (unpaired) electrons. The molecule has 2 aromatic carbocycles. The molecule has 0 spiro atoms. The van der Waals surface area contributed by atoms with E-state index in [4.69, 9.17) is 25.6 Å². The third-order valence-corrected chi connectivity index (χ3v) is 4.12. The van der Waals surface area contributed by atoms with E-state index in [0.717, 1.165) is 0 Å². The lowest BCUT2D eigenvalue weighted by Crippen LogP contribution is -2.23. The third-order valence-electron chi connectivity index (χ3n) is 3.79. The van der Waals surface area contributed by atoms with E-state index in [9.17, 15) is 4.79 Å². The van der Waals surface area contributed by atoms with Crippen LogP contribution in [0.1, 0.15) is 16.2 Å². The Morgan fingerprint density at radius 2 is 1.92 bits per heavy atom. The van der Waals surface area contributed by atoms with Crippen molar-refractivity contribution in [2.45, 2.75) is 6.54 Å². The first kappa shape index (κ1) is 16.4. The minimum Gasteiger partial charge on any atom is -0.486 e. The smallest absolute Gasteiger partial charge is 0.251 e. The van der Waals surface area contributed by atoms with Gasteiger partial charge in [-0.3, -0.25) is 4.79 Å². The zero-order chi connectivity index (χ0) is 17.9. The maximum absolute atomic E-state index is 12.3. The fraction of sp³-hybridized carbons (Fsp3) is 0.167. The Labute approximate surface area is 153 Å². The second kappa shape index (κ2) is 7.05. The summed E-state index contributed by atoms with van der Waals surface area (Å²) >= 11 is 6.12. The quantitative estimate of drug-likeness (QED) is 0.758. The Kier molecular flexibility index (Phi) is 4.45. The number of halogens is 1. The van der Waals surface area contributed by atoms with Crippen molar-refractivity contribution in [2.24, 2.45) is 0 Å². The van der Waals surface area contributed by atoms with E-state index in [1.807, 2.05) is 12.1 Å². The highest BCUT2D eigenvalue weighted by Crippen LogP contribution is 2.30. The number of nitrogens with zero attached hydrogens (tertiary/aromatic N) is 2. The highest BCUT2D eigenvalue weighted by Gasteiger charge is 2.16. The van der Waals surface area contributed by atoms with E-state index in [0.29, 0.717) is 46.7 Å². The molecule has 0 saturated heterocycles. The number of ether oxygens (including phenoxy) is 2. The summed E-state index contributed by atoms with van der Waals surface area (Å²) in [6.07, 6.45) is 0. The second-order valence-corrected chi connectivity index (χ2v) is 5.94. The summed E-state index contributed by atoms with van der Waals surface area (Å²) in [5, 5.41) is 7.16. The van der Waals surface area contributed by atoms with Crippen molar-refractivity contribution in [1.82, 2.24) is 15.5 Å². The summed E-state index contributed by atoms with van der Waals surface area (Å²) < 4.78 is 16.1. The summed E-state index contributed by atoms with van der Waals surface area (Å²) in [5.41, 5.74) is 1.13. The van der Waals surface area contributed by atoms with E-state index >= 15 is 0 Å². The van der Waals surface area contributed by atoms with Crippen molar-refractivity contribution in [3.63, 3.8) is 0 Å². The van der Waals surface area contributed by atoms with Crippen molar-refractivity contribution in [1.29, 1.82) is 0 Å². The van der Waals surface area contributed by atoms with Crippen LogP contribution >= 0.6 is 11.6 Å². The molecule has 1 aliphatic rings. The van der Waals surface area contributed by atoms with Crippen LogP contribution in [-0.4, -0.2) is 29.3 Å². The number of amides is 1. The van der Waals surface area contributed by atoms with Crippen LogP contribution in [0.5, 0.6) is 11.5 Å². The van der Waals surface area contributed by atoms with Gasteiger partial charge in [0.2, 0.25) is 11.7 Å². The Morgan fingerprint density at radius 1 is 1.12 bits per heavy atom. The maximum Gasteiger partial charge on any atom is 0.251 e. The van der Waals surface area contributed by atoms with Crippen LogP contribution in [0.3, 0.4) is 0 Å². The van der Waals surface area contributed by atoms with Crippen LogP contribution in [0.2, 0.25) is 5.02 Å². The normalized spacial score (nSPS) is 12.7. The van der Waals surface area contributed by atoms with Gasteiger partial charge in [-0.15, -0.1) is 0 Å². The number of hydrogen-bond donors (Lipinski definition) is 1. The number of hydrogen-bond acceptors (Lipinski definition) is 6. The van der Waals surface area contributed by atoms with Gasteiger partial charge in [-0.25, -0.2) is 0 Å². The molecule has 1 N–H and O–H groups in total. The predicted octanol–water partition coefficient (Wildman–Crippen LogP) is 3.09. The highest BCUT2D eigenvalue weighted by molar-refractivity contribution is 6.33. The van der Waals surface area contributed by atoms with Crippen LogP contribution in [-0.2, 0) is 6.54 Å². The van der Waals surface area contributed by atoms with Gasteiger partial charge in [0.25, 0.3) is 5.91 Å². The molecule has 3 aromatic rings. The van der Waals surface area contributed by atoms with Gasteiger partial charge in [-0.1, -0.05) is 28.9 Å². The van der Waals surface area contributed by atoms with Crippen LogP contribution in [0.15, 0.2) is 47.0 Å². The molecule has 0 unspecified atom stereocenters. The first-order valence-electron chi connectivity index (χ1n) is 7.96. The number of benzene rings is 2. The molecule has 8 heteroatoms. The molecule has 4 rings (SSSR count).